The van der Waals surface area contributed by atoms with Crippen LogP contribution in [0.3, 0.4) is 0 Å². The number of pyridine rings is 2. The van der Waals surface area contributed by atoms with E-state index < -0.39 is 39.5 Å². The fraction of sp³-hybridized carbons (Fsp3) is 0.438. The molecule has 48 heavy (non-hydrogen) atoms. The van der Waals surface area contributed by atoms with Crippen LogP contribution in [-0.4, -0.2) is 75.8 Å². The van der Waals surface area contributed by atoms with Gasteiger partial charge >= 0.3 is 12.1 Å². The Morgan fingerprint density at radius 1 is 1.17 bits per heavy atom. The van der Waals surface area contributed by atoms with Crippen LogP contribution in [0.1, 0.15) is 65.2 Å². The molecule has 0 amide bonds. The number of benzene rings is 1. The van der Waals surface area contributed by atoms with Crippen LogP contribution in [0.25, 0.3) is 5.65 Å². The average Bonchev–Trinajstić information content (AvgIpc) is 3.63. The molecule has 4 heterocycles. The van der Waals surface area contributed by atoms with Crippen molar-refractivity contribution in [1.82, 2.24) is 23.9 Å². The first kappa shape index (κ1) is 33.6. The summed E-state index contributed by atoms with van der Waals surface area (Å²) in [6.07, 6.45) is -1.84. The third kappa shape index (κ3) is 6.56. The highest BCUT2D eigenvalue weighted by Crippen LogP contribution is 2.46. The summed E-state index contributed by atoms with van der Waals surface area (Å²) >= 11 is 0. The van der Waals surface area contributed by atoms with Crippen molar-refractivity contribution >= 4 is 27.5 Å². The second kappa shape index (κ2) is 12.6. The number of fused-ring (bicyclic) bond motifs is 2. The summed E-state index contributed by atoms with van der Waals surface area (Å²) in [5, 5.41) is 20.1. The van der Waals surface area contributed by atoms with Gasteiger partial charge in [0.2, 0.25) is 21.7 Å². The van der Waals surface area contributed by atoms with E-state index in [2.05, 4.69) is 20.5 Å². The second-order valence-electron chi connectivity index (χ2n) is 12.3. The fourth-order valence-electron chi connectivity index (χ4n) is 6.07. The number of carbonyl (C=O) groups is 1. The summed E-state index contributed by atoms with van der Waals surface area (Å²) < 4.78 is 82.2. The highest BCUT2D eigenvalue weighted by atomic mass is 32.2. The van der Waals surface area contributed by atoms with Gasteiger partial charge in [-0.3, -0.25) is 9.20 Å². The van der Waals surface area contributed by atoms with Crippen molar-refractivity contribution in [2.45, 2.75) is 68.7 Å². The smallest absolute Gasteiger partial charge is 0.452 e. The number of halogens is 3. The molecule has 1 aliphatic carbocycles. The zero-order chi connectivity index (χ0) is 34.4. The fourth-order valence-corrected chi connectivity index (χ4v) is 7.61. The van der Waals surface area contributed by atoms with Crippen LogP contribution in [0.15, 0.2) is 47.5 Å². The van der Waals surface area contributed by atoms with E-state index in [1.165, 1.54) is 22.6 Å². The van der Waals surface area contributed by atoms with Gasteiger partial charge in [-0.1, -0.05) is 18.2 Å². The van der Waals surface area contributed by atoms with Gasteiger partial charge in [0.1, 0.15) is 16.3 Å². The summed E-state index contributed by atoms with van der Waals surface area (Å²) in [4.78, 5) is 16.5. The molecule has 4 aromatic rings. The van der Waals surface area contributed by atoms with Crippen LogP contribution in [0.5, 0.6) is 5.88 Å². The van der Waals surface area contributed by atoms with E-state index >= 15 is 0 Å². The van der Waals surface area contributed by atoms with E-state index in [0.29, 0.717) is 54.1 Å². The molecular formula is C32H35F3N6O6S. The Hall–Kier alpha value is -4.28. The minimum atomic E-state index is -4.72. The number of rotatable bonds is 11. The molecule has 2 aliphatic rings. The number of sulfonamides is 1. The number of aliphatic carboxylic acids is 1. The van der Waals surface area contributed by atoms with Crippen molar-refractivity contribution in [3.63, 3.8) is 0 Å². The van der Waals surface area contributed by atoms with Crippen molar-refractivity contribution in [1.29, 1.82) is 0 Å². The largest absolute Gasteiger partial charge is 0.481 e. The Morgan fingerprint density at radius 2 is 1.94 bits per heavy atom. The number of carboxylic acid groups (broad SMARTS) is 1. The van der Waals surface area contributed by atoms with Gasteiger partial charge in [-0.05, 0) is 79.1 Å². The quantitative estimate of drug-likeness (QED) is 0.208. The maximum Gasteiger partial charge on any atom is 0.452 e. The molecule has 1 atom stereocenters. The zero-order valence-electron chi connectivity index (χ0n) is 26.5. The van der Waals surface area contributed by atoms with Crippen LogP contribution in [0.4, 0.5) is 19.0 Å². The average molecular weight is 689 g/mol. The SMILES string of the molecule is COCCCNc1ccc2c(n1)OC1(CC1)CN(Cc1cc([C@H](CC(=O)O)c3ccn4c(C(F)(F)F)nnc4c3C)ccc1C)S2(=O)=O. The van der Waals surface area contributed by atoms with Gasteiger partial charge in [-0.15, -0.1) is 10.2 Å². The topological polar surface area (TPSA) is 148 Å². The van der Waals surface area contributed by atoms with E-state index in [-0.39, 0.29) is 35.9 Å². The molecule has 1 saturated carbocycles. The molecule has 6 rings (SSSR count). The third-order valence-electron chi connectivity index (χ3n) is 8.86. The van der Waals surface area contributed by atoms with Crippen LogP contribution in [-0.2, 0) is 32.3 Å². The number of alkyl halides is 3. The Kier molecular flexibility index (Phi) is 8.85. The molecule has 0 radical (unpaired) electrons. The number of anilines is 1. The maximum absolute atomic E-state index is 14.1. The molecule has 0 saturated heterocycles. The van der Waals surface area contributed by atoms with Crippen LogP contribution in [0, 0.1) is 13.8 Å². The van der Waals surface area contributed by atoms with Crippen LogP contribution < -0.4 is 10.1 Å². The predicted octanol–water partition coefficient (Wildman–Crippen LogP) is 4.93. The van der Waals surface area contributed by atoms with E-state index in [4.69, 9.17) is 9.47 Å². The highest BCUT2D eigenvalue weighted by Gasteiger charge is 2.52. The first-order valence-corrected chi connectivity index (χ1v) is 16.8. The normalized spacial score (nSPS) is 17.5. The molecule has 0 bridgehead atoms. The number of ether oxygens (including phenoxy) is 2. The Labute approximate surface area is 275 Å². The Bertz CT molecular complexity index is 1980. The number of hydrogen-bond acceptors (Lipinski definition) is 9. The minimum absolute atomic E-state index is 0.0134. The van der Waals surface area contributed by atoms with Crippen molar-refractivity contribution in [2.75, 3.05) is 32.1 Å². The lowest BCUT2D eigenvalue weighted by Crippen LogP contribution is -2.38. The molecule has 1 spiro atoms. The molecule has 3 aromatic heterocycles. The first-order valence-electron chi connectivity index (χ1n) is 15.4. The van der Waals surface area contributed by atoms with Crippen molar-refractivity contribution in [3.05, 3.63) is 76.2 Å². The number of aryl methyl sites for hydroxylation is 2. The predicted molar refractivity (Wildman–Crippen MR) is 167 cm³/mol. The third-order valence-corrected chi connectivity index (χ3v) is 10.7. The van der Waals surface area contributed by atoms with E-state index in [9.17, 15) is 31.5 Å². The lowest BCUT2D eigenvalue weighted by atomic mass is 9.85. The molecule has 0 unspecified atom stereocenters. The summed E-state index contributed by atoms with van der Waals surface area (Å²) in [6, 6.07) is 9.85. The number of carboxylic acids is 1. The zero-order valence-corrected chi connectivity index (χ0v) is 27.4. The Balaban J connectivity index is 1.34. The standard InChI is InChI=1S/C32H35F3N6O6S/c1-19-5-6-21(24(16-27(42)43)23-9-13-41-28(20(23)2)38-39-30(41)32(33,34)35)15-22(19)17-40-18-31(10-11-31)47-29-25(48(40,44)45)7-8-26(37-29)36-12-4-14-46-3/h5-9,13,15,24H,4,10-12,14,16-18H2,1-3H3,(H,36,37)(H,42,43)/t24-/m0/s1. The number of aromatic nitrogens is 4. The number of nitrogens with zero attached hydrogens (tertiary/aromatic N) is 5. The lowest BCUT2D eigenvalue weighted by molar-refractivity contribution is -0.145. The molecule has 1 aromatic carbocycles. The first-order chi connectivity index (χ1) is 22.7. The molecule has 16 heteroatoms. The Morgan fingerprint density at radius 3 is 2.62 bits per heavy atom. The number of nitrogens with one attached hydrogen (secondary N) is 1. The molecule has 1 aliphatic heterocycles. The molecule has 2 N–H and O–H groups in total. The van der Waals surface area contributed by atoms with Crippen LogP contribution in [0.2, 0.25) is 0 Å². The molecule has 1 fully saturated rings. The summed E-state index contributed by atoms with van der Waals surface area (Å²) in [6.45, 7) is 4.66. The van der Waals surface area contributed by atoms with Gasteiger partial charge in [0.15, 0.2) is 5.65 Å². The van der Waals surface area contributed by atoms with E-state index in [1.54, 1.807) is 38.3 Å². The monoisotopic (exact) mass is 688 g/mol. The van der Waals surface area contributed by atoms with Gasteiger partial charge in [0, 0.05) is 38.9 Å². The molecular weight excluding hydrogens is 653 g/mol. The maximum atomic E-state index is 14.1. The van der Waals surface area contributed by atoms with E-state index in [0.717, 1.165) is 16.4 Å². The summed E-state index contributed by atoms with van der Waals surface area (Å²) in [5.41, 5.74) is 2.08. The van der Waals surface area contributed by atoms with Gasteiger partial charge in [-0.25, -0.2) is 8.42 Å². The van der Waals surface area contributed by atoms with Gasteiger partial charge < -0.3 is 19.9 Å². The van der Waals surface area contributed by atoms with Gasteiger partial charge in [-0.2, -0.15) is 22.5 Å². The van der Waals surface area contributed by atoms with Crippen molar-refractivity contribution in [3.8, 4) is 5.88 Å². The van der Waals surface area contributed by atoms with Crippen molar-refractivity contribution < 1.29 is 41.0 Å². The summed E-state index contributed by atoms with van der Waals surface area (Å²) in [5.74, 6) is -2.52. The second-order valence-corrected chi connectivity index (χ2v) is 14.2. The lowest BCUT2D eigenvalue weighted by Gasteiger charge is -2.25. The minimum Gasteiger partial charge on any atom is -0.481 e. The molecule has 12 nitrogen and oxygen atoms in total. The number of hydrogen-bond donors (Lipinski definition) is 2. The number of methoxy groups -OCH3 is 1. The van der Waals surface area contributed by atoms with E-state index in [1.807, 2.05) is 6.92 Å². The summed E-state index contributed by atoms with van der Waals surface area (Å²) in [7, 11) is -2.45. The van der Waals surface area contributed by atoms with Crippen molar-refractivity contribution in [2.24, 2.45) is 0 Å². The van der Waals surface area contributed by atoms with Gasteiger partial charge in [0.05, 0.1) is 13.0 Å². The van der Waals surface area contributed by atoms with Crippen LogP contribution >= 0.6 is 0 Å². The van der Waals surface area contributed by atoms with Gasteiger partial charge in [0.25, 0.3) is 0 Å². The molecule has 256 valence electrons. The highest BCUT2D eigenvalue weighted by molar-refractivity contribution is 7.89.